The van der Waals surface area contributed by atoms with Crippen molar-refractivity contribution in [1.82, 2.24) is 9.88 Å². The number of aromatic nitrogens is 1. The van der Waals surface area contributed by atoms with Crippen LogP contribution in [0.15, 0.2) is 0 Å². The third-order valence-corrected chi connectivity index (χ3v) is 4.41. The van der Waals surface area contributed by atoms with E-state index in [0.717, 1.165) is 31.4 Å². The second-order valence-electron chi connectivity index (χ2n) is 6.79. The van der Waals surface area contributed by atoms with Crippen molar-refractivity contribution in [2.45, 2.75) is 44.9 Å². The van der Waals surface area contributed by atoms with Crippen LogP contribution in [0, 0.1) is 0 Å². The van der Waals surface area contributed by atoms with Crippen LogP contribution in [0.1, 0.15) is 41.8 Å². The number of aliphatic carboxylic acids is 2. The van der Waals surface area contributed by atoms with Gasteiger partial charge in [-0.05, 0) is 70.2 Å². The fourth-order valence-corrected chi connectivity index (χ4v) is 3.36. The van der Waals surface area contributed by atoms with E-state index in [-0.39, 0.29) is 5.91 Å². The summed E-state index contributed by atoms with van der Waals surface area (Å²) >= 11 is 0. The van der Waals surface area contributed by atoms with Crippen molar-refractivity contribution in [2.24, 2.45) is 0 Å². The molecule has 0 aliphatic heterocycles. The summed E-state index contributed by atoms with van der Waals surface area (Å²) < 4.78 is 0. The Kier molecular flexibility index (Phi) is 6.68. The number of nitrogens with zero attached hydrogens (tertiary/aromatic N) is 2. The van der Waals surface area contributed by atoms with Crippen molar-refractivity contribution in [3.05, 3.63) is 22.5 Å². The summed E-state index contributed by atoms with van der Waals surface area (Å²) in [5.41, 5.74) is 6.18. The summed E-state index contributed by atoms with van der Waals surface area (Å²) in [6, 6.07) is 0. The molecule has 1 aromatic rings. The number of nitrogens with one attached hydrogen (secondary N) is 1. The molecule has 8 nitrogen and oxygen atoms in total. The third kappa shape index (κ3) is 5.01. The number of pyridine rings is 1. The second-order valence-corrected chi connectivity index (χ2v) is 6.79. The summed E-state index contributed by atoms with van der Waals surface area (Å²) in [5, 5.41) is 18.0. The van der Waals surface area contributed by atoms with Gasteiger partial charge in [0.25, 0.3) is 0 Å². The molecule has 1 amide bonds. The second kappa shape index (κ2) is 8.75. The van der Waals surface area contributed by atoms with Crippen LogP contribution in [0.25, 0.3) is 0 Å². The highest BCUT2D eigenvalue weighted by Crippen LogP contribution is 2.35. The normalized spacial score (nSPS) is 14.7. The van der Waals surface area contributed by atoms with Crippen LogP contribution in [0.4, 0.5) is 5.69 Å². The standard InChI is InChI=1S/C16H23N3O.C2H2O4/c1-19(2)10-15(20)18-16-11-6-3-4-8-13(11)17-14-9-5-7-12(14)16;3-1(4)2(5)6/h3-10H2,1-2H3,(H,17,18,20);(H,3,4)(H,5,6). The number of carboxylic acids is 2. The highest BCUT2D eigenvalue weighted by Gasteiger charge is 2.25. The first-order chi connectivity index (χ1) is 12.3. The van der Waals surface area contributed by atoms with Crippen molar-refractivity contribution in [3.8, 4) is 0 Å². The Morgan fingerprint density at radius 1 is 0.923 bits per heavy atom. The van der Waals surface area contributed by atoms with Crippen LogP contribution >= 0.6 is 0 Å². The van der Waals surface area contributed by atoms with Crippen LogP contribution in [-0.4, -0.2) is 58.6 Å². The molecule has 0 aromatic carbocycles. The molecule has 1 heterocycles. The third-order valence-electron chi connectivity index (χ3n) is 4.41. The van der Waals surface area contributed by atoms with E-state index < -0.39 is 11.9 Å². The molecule has 2 aliphatic carbocycles. The zero-order chi connectivity index (χ0) is 19.3. The molecule has 0 bridgehead atoms. The van der Waals surface area contributed by atoms with Crippen molar-refractivity contribution in [3.63, 3.8) is 0 Å². The molecule has 26 heavy (non-hydrogen) atoms. The van der Waals surface area contributed by atoms with Gasteiger partial charge >= 0.3 is 11.9 Å². The zero-order valence-electron chi connectivity index (χ0n) is 15.2. The Morgan fingerprint density at radius 2 is 1.42 bits per heavy atom. The summed E-state index contributed by atoms with van der Waals surface area (Å²) in [6.45, 7) is 0.436. The lowest BCUT2D eigenvalue weighted by molar-refractivity contribution is -0.159. The molecule has 3 N–H and O–H groups in total. The number of hydrogen-bond acceptors (Lipinski definition) is 5. The van der Waals surface area contributed by atoms with E-state index in [1.165, 1.54) is 41.8 Å². The molecular formula is C18H25N3O5. The number of carbonyl (C=O) groups is 3. The lowest BCUT2D eigenvalue weighted by atomic mass is 9.92. The minimum Gasteiger partial charge on any atom is -0.473 e. The van der Waals surface area contributed by atoms with Crippen LogP contribution in [0.2, 0.25) is 0 Å². The molecule has 0 radical (unpaired) electrons. The number of hydrogen-bond donors (Lipinski definition) is 3. The quantitative estimate of drug-likeness (QED) is 0.688. The van der Waals surface area contributed by atoms with E-state index in [0.29, 0.717) is 6.54 Å². The molecule has 0 spiro atoms. The fraction of sp³-hybridized carbons (Fsp3) is 0.556. The Hall–Kier alpha value is -2.48. The van der Waals surface area contributed by atoms with Crippen molar-refractivity contribution in [2.75, 3.05) is 26.0 Å². The number of aryl methyl sites for hydroxylation is 2. The summed E-state index contributed by atoms with van der Waals surface area (Å²) in [5.74, 6) is -3.56. The lowest BCUT2D eigenvalue weighted by Crippen LogP contribution is -2.28. The number of anilines is 1. The molecule has 0 unspecified atom stereocenters. The maximum absolute atomic E-state index is 12.1. The molecule has 1 aromatic heterocycles. The monoisotopic (exact) mass is 363 g/mol. The topological polar surface area (TPSA) is 120 Å². The van der Waals surface area contributed by atoms with E-state index in [2.05, 4.69) is 5.32 Å². The smallest absolute Gasteiger partial charge is 0.414 e. The van der Waals surface area contributed by atoms with E-state index in [1.54, 1.807) is 0 Å². The summed E-state index contributed by atoms with van der Waals surface area (Å²) in [6.07, 6.45) is 7.87. The molecular weight excluding hydrogens is 338 g/mol. The minimum absolute atomic E-state index is 0.0862. The van der Waals surface area contributed by atoms with Gasteiger partial charge in [-0.2, -0.15) is 0 Å². The Bertz CT molecular complexity index is 703. The number of fused-ring (bicyclic) bond motifs is 2. The van der Waals surface area contributed by atoms with Crippen molar-refractivity contribution in [1.29, 1.82) is 0 Å². The molecule has 0 fully saturated rings. The summed E-state index contributed by atoms with van der Waals surface area (Å²) in [7, 11) is 3.85. The molecule has 8 heteroatoms. The first kappa shape index (κ1) is 19.8. The van der Waals surface area contributed by atoms with E-state index >= 15 is 0 Å². The largest absolute Gasteiger partial charge is 0.473 e. The van der Waals surface area contributed by atoms with E-state index in [9.17, 15) is 4.79 Å². The SMILES string of the molecule is CN(C)CC(=O)Nc1c2c(nc3c1CCC3)CCCC2.O=C(O)C(=O)O. The molecule has 0 saturated heterocycles. The van der Waals surface area contributed by atoms with Crippen LogP contribution in [0.5, 0.6) is 0 Å². The number of carboxylic acid groups (broad SMARTS) is 2. The van der Waals surface area contributed by atoms with Crippen molar-refractivity contribution < 1.29 is 24.6 Å². The van der Waals surface area contributed by atoms with E-state index in [4.69, 9.17) is 24.8 Å². The average Bonchev–Trinajstić information content (AvgIpc) is 3.02. The number of rotatable bonds is 3. The Morgan fingerprint density at radius 3 is 1.96 bits per heavy atom. The maximum Gasteiger partial charge on any atom is 0.414 e. The van der Waals surface area contributed by atoms with Gasteiger partial charge < -0.3 is 20.4 Å². The fourth-order valence-electron chi connectivity index (χ4n) is 3.36. The predicted molar refractivity (Wildman–Crippen MR) is 95.4 cm³/mol. The van der Waals surface area contributed by atoms with Gasteiger partial charge in [-0.15, -0.1) is 0 Å². The average molecular weight is 363 g/mol. The predicted octanol–water partition coefficient (Wildman–Crippen LogP) is 1.10. The van der Waals surface area contributed by atoms with Crippen molar-refractivity contribution >= 4 is 23.5 Å². The van der Waals surface area contributed by atoms with E-state index in [1.807, 2.05) is 19.0 Å². The van der Waals surface area contributed by atoms with Gasteiger partial charge in [0, 0.05) is 11.4 Å². The zero-order valence-corrected chi connectivity index (χ0v) is 15.2. The van der Waals surface area contributed by atoms with Gasteiger partial charge in [0.1, 0.15) is 0 Å². The van der Waals surface area contributed by atoms with Gasteiger partial charge in [-0.3, -0.25) is 9.78 Å². The molecule has 0 saturated carbocycles. The molecule has 0 atom stereocenters. The van der Waals surface area contributed by atoms with Gasteiger partial charge in [0.2, 0.25) is 5.91 Å². The number of amides is 1. The first-order valence-corrected chi connectivity index (χ1v) is 8.74. The van der Waals surface area contributed by atoms with Crippen LogP contribution < -0.4 is 5.32 Å². The Balaban J connectivity index is 0.000000352. The first-order valence-electron chi connectivity index (χ1n) is 8.74. The lowest BCUT2D eigenvalue weighted by Gasteiger charge is -2.22. The maximum atomic E-state index is 12.1. The molecule has 3 rings (SSSR count). The summed E-state index contributed by atoms with van der Waals surface area (Å²) in [4.78, 5) is 37.1. The van der Waals surface area contributed by atoms with Gasteiger partial charge in [-0.25, -0.2) is 9.59 Å². The van der Waals surface area contributed by atoms with Gasteiger partial charge in [0.15, 0.2) is 0 Å². The molecule has 2 aliphatic rings. The highest BCUT2D eigenvalue weighted by atomic mass is 16.4. The van der Waals surface area contributed by atoms with Gasteiger partial charge in [0.05, 0.1) is 12.2 Å². The molecule has 142 valence electrons. The van der Waals surface area contributed by atoms with Gasteiger partial charge in [-0.1, -0.05) is 0 Å². The van der Waals surface area contributed by atoms with Crippen LogP contribution in [0.3, 0.4) is 0 Å². The number of likely N-dealkylation sites (N-methyl/N-ethyl adjacent to an activating group) is 1. The number of carbonyl (C=O) groups excluding carboxylic acids is 1. The highest BCUT2D eigenvalue weighted by molar-refractivity contribution is 6.27. The van der Waals surface area contributed by atoms with Crippen LogP contribution in [-0.2, 0) is 40.1 Å². The minimum atomic E-state index is -1.82. The Labute approximate surface area is 152 Å².